The summed E-state index contributed by atoms with van der Waals surface area (Å²) in [7, 11) is -5.19. The Balaban J connectivity index is 1.14. The van der Waals surface area contributed by atoms with E-state index in [9.17, 15) is 16.8 Å². The van der Waals surface area contributed by atoms with Gasteiger partial charge in [-0.3, -0.25) is 9.71 Å². The second-order valence-electron chi connectivity index (χ2n) is 11.8. The molecule has 12 nitrogen and oxygen atoms in total. The lowest BCUT2D eigenvalue weighted by Gasteiger charge is -2.23. The number of hydrogen-bond donors (Lipinski definition) is 2. The van der Waals surface area contributed by atoms with Crippen molar-refractivity contribution >= 4 is 48.8 Å². The zero-order chi connectivity index (χ0) is 32.1. The number of nitrogens with zero attached hydrogens (tertiary/aromatic N) is 4. The highest BCUT2D eigenvalue weighted by Gasteiger charge is 2.37. The fourth-order valence-electron chi connectivity index (χ4n) is 6.05. The Bertz CT molecular complexity index is 2040. The van der Waals surface area contributed by atoms with Crippen molar-refractivity contribution in [1.29, 1.82) is 0 Å². The van der Waals surface area contributed by atoms with E-state index in [0.29, 0.717) is 23.7 Å². The van der Waals surface area contributed by atoms with Crippen molar-refractivity contribution in [3.05, 3.63) is 78.3 Å². The van der Waals surface area contributed by atoms with Crippen molar-refractivity contribution in [2.75, 3.05) is 40.3 Å². The molecule has 46 heavy (non-hydrogen) atoms. The Kier molecular flexibility index (Phi) is 7.64. The first kappa shape index (κ1) is 30.1. The molecule has 0 radical (unpaired) electrons. The van der Waals surface area contributed by atoms with E-state index in [1.165, 1.54) is 0 Å². The first-order valence-corrected chi connectivity index (χ1v) is 18.4. The van der Waals surface area contributed by atoms with Gasteiger partial charge in [0.05, 0.1) is 22.4 Å². The average Bonchev–Trinajstić information content (AvgIpc) is 3.75. The molecule has 2 aromatic heterocycles. The third kappa shape index (κ3) is 5.89. The van der Waals surface area contributed by atoms with E-state index in [2.05, 4.69) is 27.6 Å². The average molecular weight is 663 g/mol. The van der Waals surface area contributed by atoms with Gasteiger partial charge in [-0.15, -0.1) is 0 Å². The third-order valence-electron chi connectivity index (χ3n) is 8.48. The molecule has 0 aliphatic carbocycles. The van der Waals surface area contributed by atoms with Gasteiger partial charge in [-0.25, -0.2) is 21.8 Å². The van der Waals surface area contributed by atoms with E-state index in [0.717, 1.165) is 46.4 Å². The fourth-order valence-corrected chi connectivity index (χ4v) is 10.1. The molecule has 0 bridgehead atoms. The standard InChI is InChI=1S/C32H34N6O6S2/c1-21-5-3-7-29-35-31(32(38(21)29)34-24-10-13-27-28(17-24)44-20-43-27)30-22(6-4-15-33-30)18-37(2)25-11-8-23(9-12-25)36-46(41,42)26-14-16-45(39,40)19-26/h3-4,6-13,15,17,21,26,34,36H,5,14,16,18-20H2,1-2H3. The second kappa shape index (κ2) is 11.7. The Morgan fingerprint density at radius 3 is 2.61 bits per heavy atom. The Morgan fingerprint density at radius 2 is 1.83 bits per heavy atom. The molecule has 2 unspecified atom stereocenters. The molecule has 2 N–H and O–H groups in total. The number of aromatic nitrogens is 3. The summed E-state index contributed by atoms with van der Waals surface area (Å²) in [4.78, 5) is 11.9. The second-order valence-corrected chi connectivity index (χ2v) is 16.0. The smallest absolute Gasteiger partial charge is 0.236 e. The summed E-state index contributed by atoms with van der Waals surface area (Å²) >= 11 is 0. The predicted molar refractivity (Wildman–Crippen MR) is 178 cm³/mol. The molecule has 240 valence electrons. The number of ether oxygens (including phenoxy) is 2. The van der Waals surface area contributed by atoms with Crippen LogP contribution < -0.4 is 24.4 Å². The van der Waals surface area contributed by atoms with Gasteiger partial charge in [0.25, 0.3) is 0 Å². The van der Waals surface area contributed by atoms with Gasteiger partial charge in [0.2, 0.25) is 16.8 Å². The number of fused-ring (bicyclic) bond motifs is 2. The molecule has 3 aliphatic heterocycles. The summed E-state index contributed by atoms with van der Waals surface area (Å²) in [6.07, 6.45) is 6.91. The van der Waals surface area contributed by atoms with E-state index < -0.39 is 25.1 Å². The summed E-state index contributed by atoms with van der Waals surface area (Å²) < 4.78 is 65.0. The zero-order valence-corrected chi connectivity index (χ0v) is 27.0. The lowest BCUT2D eigenvalue weighted by Crippen LogP contribution is -2.28. The maximum atomic E-state index is 12.8. The van der Waals surface area contributed by atoms with E-state index >= 15 is 0 Å². The minimum Gasteiger partial charge on any atom is -0.454 e. The topological polar surface area (TPSA) is 145 Å². The number of allylic oxidation sites excluding steroid dienone is 1. The van der Waals surface area contributed by atoms with Crippen LogP contribution in [0.3, 0.4) is 0 Å². The summed E-state index contributed by atoms with van der Waals surface area (Å²) in [5.74, 6) is 2.62. The number of pyridine rings is 1. The first-order chi connectivity index (χ1) is 22.1. The zero-order valence-electron chi connectivity index (χ0n) is 25.4. The van der Waals surface area contributed by atoms with Gasteiger partial charge in [0.15, 0.2) is 21.3 Å². The highest BCUT2D eigenvalue weighted by atomic mass is 32.2. The molecule has 4 aromatic rings. The molecule has 7 rings (SSSR count). The van der Waals surface area contributed by atoms with E-state index in [4.69, 9.17) is 19.4 Å². The Labute approximate surface area is 268 Å². The van der Waals surface area contributed by atoms with Gasteiger partial charge < -0.3 is 24.3 Å². The van der Waals surface area contributed by atoms with E-state index in [1.54, 1.807) is 18.3 Å². The van der Waals surface area contributed by atoms with Crippen LogP contribution in [0, 0.1) is 0 Å². The molecule has 3 aliphatic rings. The van der Waals surface area contributed by atoms with Crippen LogP contribution >= 0.6 is 0 Å². The van der Waals surface area contributed by atoms with Crippen molar-refractivity contribution in [3.8, 4) is 22.9 Å². The molecule has 1 fully saturated rings. The van der Waals surface area contributed by atoms with Crippen molar-refractivity contribution in [2.24, 2.45) is 0 Å². The number of sulfonamides is 1. The SMILES string of the molecule is CC1CC=Cc2nc(-c3ncccc3CN(C)c3ccc(NS(=O)(=O)C4CCS(=O)(=O)C4)cc3)c(Nc3ccc4c(c3)OCO4)n21. The van der Waals surface area contributed by atoms with Crippen LogP contribution in [0.2, 0.25) is 0 Å². The molecular formula is C32H34N6O6S2. The van der Waals surface area contributed by atoms with Gasteiger partial charge >= 0.3 is 0 Å². The largest absolute Gasteiger partial charge is 0.454 e. The number of sulfone groups is 1. The number of nitrogens with one attached hydrogen (secondary N) is 2. The van der Waals surface area contributed by atoms with E-state index in [1.807, 2.05) is 60.5 Å². The summed E-state index contributed by atoms with van der Waals surface area (Å²) in [5.41, 5.74) is 4.52. The molecule has 0 amide bonds. The number of anilines is 4. The fraction of sp³-hybridized carbons (Fsp3) is 0.312. The third-order valence-corrected chi connectivity index (χ3v) is 12.3. The molecule has 2 atom stereocenters. The van der Waals surface area contributed by atoms with Crippen molar-refractivity contribution in [1.82, 2.24) is 14.5 Å². The minimum absolute atomic E-state index is 0.105. The maximum Gasteiger partial charge on any atom is 0.236 e. The van der Waals surface area contributed by atoms with Crippen LogP contribution in [-0.2, 0) is 26.4 Å². The van der Waals surface area contributed by atoms with Crippen molar-refractivity contribution < 1.29 is 26.3 Å². The van der Waals surface area contributed by atoms with Crippen LogP contribution in [0.4, 0.5) is 22.9 Å². The number of rotatable bonds is 9. The molecule has 0 saturated carbocycles. The van der Waals surface area contributed by atoms with E-state index in [-0.39, 0.29) is 30.8 Å². The monoisotopic (exact) mass is 662 g/mol. The van der Waals surface area contributed by atoms with Crippen LogP contribution in [0.5, 0.6) is 11.5 Å². The summed E-state index contributed by atoms with van der Waals surface area (Å²) in [6.45, 7) is 2.87. The van der Waals surface area contributed by atoms with Crippen molar-refractivity contribution in [3.63, 3.8) is 0 Å². The minimum atomic E-state index is -3.82. The van der Waals surface area contributed by atoms with Crippen LogP contribution in [-0.4, -0.2) is 62.0 Å². The molecule has 1 saturated heterocycles. The molecular weight excluding hydrogens is 629 g/mol. The Hall–Kier alpha value is -4.56. The van der Waals surface area contributed by atoms with Gasteiger partial charge in [-0.1, -0.05) is 12.1 Å². The lowest BCUT2D eigenvalue weighted by molar-refractivity contribution is 0.174. The molecule has 2 aromatic carbocycles. The summed E-state index contributed by atoms with van der Waals surface area (Å²) in [6, 6.07) is 16.9. The quantitative estimate of drug-likeness (QED) is 0.252. The number of benzene rings is 2. The van der Waals surface area contributed by atoms with Gasteiger partial charge in [0, 0.05) is 49.0 Å². The van der Waals surface area contributed by atoms with Gasteiger partial charge in [0.1, 0.15) is 17.3 Å². The normalized spacial score (nSPS) is 19.5. The van der Waals surface area contributed by atoms with Gasteiger partial charge in [-0.2, -0.15) is 0 Å². The first-order valence-electron chi connectivity index (χ1n) is 15.0. The predicted octanol–water partition coefficient (Wildman–Crippen LogP) is 4.96. The number of imidazole rings is 1. The van der Waals surface area contributed by atoms with Crippen LogP contribution in [0.25, 0.3) is 17.5 Å². The Morgan fingerprint density at radius 1 is 1.04 bits per heavy atom. The molecule has 14 heteroatoms. The highest BCUT2D eigenvalue weighted by Crippen LogP contribution is 2.40. The van der Waals surface area contributed by atoms with Crippen molar-refractivity contribution in [2.45, 2.75) is 37.6 Å². The summed E-state index contributed by atoms with van der Waals surface area (Å²) in [5, 5.41) is 2.64. The number of hydrogen-bond acceptors (Lipinski definition) is 10. The van der Waals surface area contributed by atoms with Gasteiger partial charge in [-0.05, 0) is 73.9 Å². The van der Waals surface area contributed by atoms with Crippen LogP contribution in [0.1, 0.15) is 37.2 Å². The highest BCUT2D eigenvalue weighted by molar-refractivity contribution is 7.97. The molecule has 0 spiro atoms. The molecule has 5 heterocycles. The maximum absolute atomic E-state index is 12.8. The lowest BCUT2D eigenvalue weighted by atomic mass is 10.1. The van der Waals surface area contributed by atoms with Crippen LogP contribution in [0.15, 0.2) is 66.9 Å².